The van der Waals surface area contributed by atoms with Crippen LogP contribution in [0, 0.1) is 18.3 Å². The number of nitrogens with zero attached hydrogens (tertiary/aromatic N) is 1. The lowest BCUT2D eigenvalue weighted by molar-refractivity contribution is 1.44. The van der Waals surface area contributed by atoms with Crippen LogP contribution < -0.4 is 5.32 Å². The number of hydrogen-bond acceptors (Lipinski definition) is 2. The third kappa shape index (κ3) is 3.13. The second kappa shape index (κ2) is 5.71. The highest BCUT2D eigenvalue weighted by Gasteiger charge is 2.06. The Morgan fingerprint density at radius 2 is 1.74 bits per heavy atom. The highest BCUT2D eigenvalue weighted by Crippen LogP contribution is 2.32. The summed E-state index contributed by atoms with van der Waals surface area (Å²) in [7, 11) is 0. The first-order valence-corrected chi connectivity index (χ1v) is 6.57. The van der Waals surface area contributed by atoms with Crippen molar-refractivity contribution in [2.24, 2.45) is 0 Å². The zero-order valence-corrected chi connectivity index (χ0v) is 12.2. The summed E-state index contributed by atoms with van der Waals surface area (Å²) in [6.07, 6.45) is 0. The first-order chi connectivity index (χ1) is 9.01. The van der Waals surface area contributed by atoms with Crippen molar-refractivity contribution in [1.29, 1.82) is 5.26 Å². The molecule has 0 aliphatic rings. The van der Waals surface area contributed by atoms with Crippen LogP contribution in [0.3, 0.4) is 0 Å². The Kier molecular flexibility index (Phi) is 4.21. The highest BCUT2D eigenvalue weighted by molar-refractivity contribution is 6.36. The van der Waals surface area contributed by atoms with E-state index in [-0.39, 0.29) is 0 Å². The van der Waals surface area contributed by atoms with Gasteiger partial charge in [-0.15, -0.1) is 0 Å². The minimum atomic E-state index is 0.391. The fraction of sp³-hybridized carbons (Fsp3) is 0.0714. The van der Waals surface area contributed by atoms with E-state index in [2.05, 4.69) is 5.32 Å². The van der Waals surface area contributed by atoms with Crippen LogP contribution >= 0.6 is 34.8 Å². The van der Waals surface area contributed by atoms with Crippen molar-refractivity contribution < 1.29 is 0 Å². The lowest BCUT2D eigenvalue weighted by Gasteiger charge is -2.11. The molecule has 0 saturated carbocycles. The molecule has 2 aromatic rings. The molecule has 0 aliphatic carbocycles. The largest absolute Gasteiger partial charge is 0.354 e. The Hall–Kier alpha value is -1.40. The molecule has 0 bridgehead atoms. The molecule has 19 heavy (non-hydrogen) atoms. The molecule has 96 valence electrons. The lowest BCUT2D eigenvalue weighted by Crippen LogP contribution is -1.93. The van der Waals surface area contributed by atoms with Gasteiger partial charge in [0.2, 0.25) is 0 Å². The van der Waals surface area contributed by atoms with E-state index < -0.39 is 0 Å². The Bertz CT molecular complexity index is 675. The van der Waals surface area contributed by atoms with E-state index in [4.69, 9.17) is 40.1 Å². The zero-order chi connectivity index (χ0) is 14.0. The Morgan fingerprint density at radius 1 is 1.00 bits per heavy atom. The van der Waals surface area contributed by atoms with E-state index in [1.165, 1.54) is 0 Å². The molecule has 0 spiro atoms. The fourth-order valence-electron chi connectivity index (χ4n) is 1.58. The van der Waals surface area contributed by atoms with Crippen molar-refractivity contribution in [1.82, 2.24) is 0 Å². The molecule has 0 saturated heterocycles. The summed E-state index contributed by atoms with van der Waals surface area (Å²) in [6, 6.07) is 10.6. The van der Waals surface area contributed by atoms with Gasteiger partial charge in [-0.2, -0.15) is 5.26 Å². The van der Waals surface area contributed by atoms with Gasteiger partial charge in [0.05, 0.1) is 21.3 Å². The molecule has 0 aliphatic heterocycles. The van der Waals surface area contributed by atoms with Gasteiger partial charge in [0.15, 0.2) is 0 Å². The van der Waals surface area contributed by atoms with Crippen LogP contribution in [-0.4, -0.2) is 0 Å². The van der Waals surface area contributed by atoms with Gasteiger partial charge in [-0.05, 0) is 42.8 Å². The zero-order valence-electron chi connectivity index (χ0n) is 9.97. The van der Waals surface area contributed by atoms with Crippen LogP contribution in [0.15, 0.2) is 30.3 Å². The minimum absolute atomic E-state index is 0.391. The molecule has 0 heterocycles. The third-order valence-electron chi connectivity index (χ3n) is 2.62. The van der Waals surface area contributed by atoms with Gasteiger partial charge in [0, 0.05) is 10.7 Å². The van der Waals surface area contributed by atoms with Gasteiger partial charge in [0.1, 0.15) is 6.07 Å². The summed E-state index contributed by atoms with van der Waals surface area (Å²) in [6.45, 7) is 1.89. The summed E-state index contributed by atoms with van der Waals surface area (Å²) in [5.74, 6) is 0. The smallest absolute Gasteiger partial charge is 0.101 e. The van der Waals surface area contributed by atoms with Crippen molar-refractivity contribution in [2.45, 2.75) is 6.92 Å². The van der Waals surface area contributed by atoms with Crippen molar-refractivity contribution in [3.63, 3.8) is 0 Å². The number of benzene rings is 2. The fourth-order valence-corrected chi connectivity index (χ4v) is 2.23. The van der Waals surface area contributed by atoms with Crippen LogP contribution in [0.25, 0.3) is 0 Å². The maximum absolute atomic E-state index is 8.82. The molecule has 0 aromatic heterocycles. The van der Waals surface area contributed by atoms with Crippen LogP contribution in [-0.2, 0) is 0 Å². The predicted octanol–water partition coefficient (Wildman–Crippen LogP) is 5.57. The minimum Gasteiger partial charge on any atom is -0.354 e. The summed E-state index contributed by atoms with van der Waals surface area (Å²) in [4.78, 5) is 0. The molecule has 2 nitrogen and oxygen atoms in total. The van der Waals surface area contributed by atoms with Gasteiger partial charge in [-0.25, -0.2) is 0 Å². The maximum Gasteiger partial charge on any atom is 0.101 e. The van der Waals surface area contributed by atoms with E-state index in [1.807, 2.05) is 13.0 Å². The number of nitriles is 1. The number of halogens is 3. The normalized spacial score (nSPS) is 10.1. The van der Waals surface area contributed by atoms with Crippen molar-refractivity contribution in [3.8, 4) is 6.07 Å². The highest BCUT2D eigenvalue weighted by atomic mass is 35.5. The molecule has 0 radical (unpaired) electrons. The molecule has 0 amide bonds. The first-order valence-electron chi connectivity index (χ1n) is 5.43. The van der Waals surface area contributed by atoms with Crippen LogP contribution in [0.5, 0.6) is 0 Å². The molecular formula is C14H9Cl3N2. The molecule has 0 fully saturated rings. The number of nitrogens with one attached hydrogen (secondary N) is 1. The number of anilines is 2. The lowest BCUT2D eigenvalue weighted by atomic mass is 10.2. The second-order valence-electron chi connectivity index (χ2n) is 4.01. The van der Waals surface area contributed by atoms with E-state index in [0.717, 1.165) is 11.3 Å². The molecular weight excluding hydrogens is 303 g/mol. The van der Waals surface area contributed by atoms with Crippen LogP contribution in [0.4, 0.5) is 11.4 Å². The van der Waals surface area contributed by atoms with E-state index >= 15 is 0 Å². The summed E-state index contributed by atoms with van der Waals surface area (Å²) < 4.78 is 0. The predicted molar refractivity (Wildman–Crippen MR) is 80.6 cm³/mol. The number of aryl methyl sites for hydroxylation is 1. The molecule has 2 aromatic carbocycles. The Morgan fingerprint density at radius 3 is 2.37 bits per heavy atom. The quantitative estimate of drug-likeness (QED) is 0.787. The molecule has 5 heteroatoms. The van der Waals surface area contributed by atoms with E-state index in [9.17, 15) is 0 Å². The SMILES string of the molecule is Cc1cc(Cl)c(Nc2ccc(C#N)c(Cl)c2)cc1Cl. The van der Waals surface area contributed by atoms with Crippen molar-refractivity contribution in [2.75, 3.05) is 5.32 Å². The number of hydrogen-bond donors (Lipinski definition) is 1. The summed E-state index contributed by atoms with van der Waals surface area (Å²) >= 11 is 18.2. The van der Waals surface area contributed by atoms with Crippen LogP contribution in [0.1, 0.15) is 11.1 Å². The van der Waals surface area contributed by atoms with Crippen LogP contribution in [0.2, 0.25) is 15.1 Å². The first kappa shape index (κ1) is 14.0. The third-order valence-corrected chi connectivity index (χ3v) is 3.65. The Labute approximate surface area is 126 Å². The van der Waals surface area contributed by atoms with Crippen molar-refractivity contribution >= 4 is 46.2 Å². The maximum atomic E-state index is 8.82. The topological polar surface area (TPSA) is 35.8 Å². The molecule has 1 N–H and O–H groups in total. The Balaban J connectivity index is 2.34. The molecule has 0 atom stereocenters. The molecule has 2 rings (SSSR count). The van der Waals surface area contributed by atoms with Gasteiger partial charge in [-0.1, -0.05) is 34.8 Å². The number of rotatable bonds is 2. The van der Waals surface area contributed by atoms with Crippen molar-refractivity contribution in [3.05, 3.63) is 56.5 Å². The van der Waals surface area contributed by atoms with Gasteiger partial charge in [0.25, 0.3) is 0 Å². The average Bonchev–Trinajstić information content (AvgIpc) is 2.36. The summed E-state index contributed by atoms with van der Waals surface area (Å²) in [5, 5.41) is 13.5. The van der Waals surface area contributed by atoms with Gasteiger partial charge < -0.3 is 5.32 Å². The van der Waals surface area contributed by atoms with Gasteiger partial charge >= 0.3 is 0 Å². The summed E-state index contributed by atoms with van der Waals surface area (Å²) in [5.41, 5.74) is 2.78. The average molecular weight is 312 g/mol. The van der Waals surface area contributed by atoms with Gasteiger partial charge in [-0.3, -0.25) is 0 Å². The van der Waals surface area contributed by atoms with E-state index in [1.54, 1.807) is 30.3 Å². The second-order valence-corrected chi connectivity index (χ2v) is 5.23. The standard InChI is InChI=1S/C14H9Cl3N2/c1-8-4-13(17)14(6-11(8)15)19-10-3-2-9(7-18)12(16)5-10/h2-6,19H,1H3. The van der Waals surface area contributed by atoms with E-state index in [0.29, 0.717) is 26.3 Å². The molecule has 0 unspecified atom stereocenters. The monoisotopic (exact) mass is 310 g/mol.